The SMILES string of the molecule is Nc1ccc2c(c1)CC(N)CC2. The molecule has 0 amide bonds. The van der Waals surface area contributed by atoms with Gasteiger partial charge in [0.05, 0.1) is 0 Å². The number of benzene rings is 1. The number of anilines is 1. The van der Waals surface area contributed by atoms with Gasteiger partial charge in [0.25, 0.3) is 0 Å². The Morgan fingerprint density at radius 2 is 2.08 bits per heavy atom. The van der Waals surface area contributed by atoms with Crippen LogP contribution in [-0.4, -0.2) is 6.04 Å². The molecule has 1 aliphatic rings. The summed E-state index contributed by atoms with van der Waals surface area (Å²) in [5.41, 5.74) is 15.2. The molecule has 1 atom stereocenters. The van der Waals surface area contributed by atoms with Gasteiger partial charge in [-0.1, -0.05) is 6.07 Å². The summed E-state index contributed by atoms with van der Waals surface area (Å²) in [6, 6.07) is 6.47. The molecule has 1 aromatic carbocycles. The lowest BCUT2D eigenvalue weighted by atomic mass is 9.88. The Labute approximate surface area is 72.6 Å². The average Bonchev–Trinajstić information content (AvgIpc) is 2.03. The van der Waals surface area contributed by atoms with Gasteiger partial charge in [0.1, 0.15) is 0 Å². The molecule has 0 heterocycles. The predicted molar refractivity (Wildman–Crippen MR) is 50.9 cm³/mol. The zero-order valence-corrected chi connectivity index (χ0v) is 7.09. The van der Waals surface area contributed by atoms with Gasteiger partial charge in [0.2, 0.25) is 0 Å². The van der Waals surface area contributed by atoms with E-state index >= 15 is 0 Å². The normalized spacial score (nSPS) is 21.9. The van der Waals surface area contributed by atoms with E-state index in [1.165, 1.54) is 11.1 Å². The van der Waals surface area contributed by atoms with Crippen LogP contribution in [0.15, 0.2) is 18.2 Å². The van der Waals surface area contributed by atoms with E-state index in [1.54, 1.807) is 0 Å². The fourth-order valence-electron chi connectivity index (χ4n) is 1.81. The Hall–Kier alpha value is -1.02. The van der Waals surface area contributed by atoms with E-state index in [4.69, 9.17) is 11.5 Å². The van der Waals surface area contributed by atoms with Gasteiger partial charge in [0, 0.05) is 11.7 Å². The molecule has 2 heteroatoms. The molecule has 0 aromatic heterocycles. The van der Waals surface area contributed by atoms with Crippen LogP contribution in [0.25, 0.3) is 0 Å². The second-order valence-corrected chi connectivity index (χ2v) is 3.53. The highest BCUT2D eigenvalue weighted by Gasteiger charge is 2.14. The molecular formula is C10H14N2. The van der Waals surface area contributed by atoms with E-state index < -0.39 is 0 Å². The van der Waals surface area contributed by atoms with Gasteiger partial charge < -0.3 is 11.5 Å². The Bertz CT molecular complexity index is 294. The van der Waals surface area contributed by atoms with Gasteiger partial charge >= 0.3 is 0 Å². The number of hydrogen-bond acceptors (Lipinski definition) is 2. The predicted octanol–water partition coefficient (Wildman–Crippen LogP) is 1.08. The summed E-state index contributed by atoms with van der Waals surface area (Å²) in [6.45, 7) is 0. The fraction of sp³-hybridized carbons (Fsp3) is 0.400. The first kappa shape index (κ1) is 7.62. The van der Waals surface area contributed by atoms with Gasteiger partial charge in [-0.15, -0.1) is 0 Å². The molecular weight excluding hydrogens is 148 g/mol. The summed E-state index contributed by atoms with van der Waals surface area (Å²) in [7, 11) is 0. The quantitative estimate of drug-likeness (QED) is 0.561. The number of hydrogen-bond donors (Lipinski definition) is 2. The molecule has 1 aromatic rings. The van der Waals surface area contributed by atoms with Crippen molar-refractivity contribution in [2.24, 2.45) is 5.73 Å². The van der Waals surface area contributed by atoms with Crippen LogP contribution >= 0.6 is 0 Å². The standard InChI is InChI=1S/C10H14N2/c11-9-3-1-7-2-4-10(12)6-8(7)5-9/h1,3,5,10H,2,4,6,11-12H2. The van der Waals surface area contributed by atoms with Crippen LogP contribution in [0.3, 0.4) is 0 Å². The molecule has 0 bridgehead atoms. The van der Waals surface area contributed by atoms with Crippen LogP contribution in [0.5, 0.6) is 0 Å². The monoisotopic (exact) mass is 162 g/mol. The lowest BCUT2D eigenvalue weighted by Gasteiger charge is -2.21. The highest BCUT2D eigenvalue weighted by atomic mass is 14.6. The van der Waals surface area contributed by atoms with E-state index in [1.807, 2.05) is 12.1 Å². The minimum absolute atomic E-state index is 0.333. The number of aryl methyl sites for hydroxylation is 1. The van der Waals surface area contributed by atoms with E-state index in [0.717, 1.165) is 24.9 Å². The van der Waals surface area contributed by atoms with E-state index in [-0.39, 0.29) is 0 Å². The van der Waals surface area contributed by atoms with Crippen LogP contribution in [-0.2, 0) is 12.8 Å². The Kier molecular flexibility index (Phi) is 1.77. The first-order chi connectivity index (χ1) is 5.75. The number of fused-ring (bicyclic) bond motifs is 1. The molecule has 0 spiro atoms. The van der Waals surface area contributed by atoms with E-state index in [2.05, 4.69) is 6.07 Å². The van der Waals surface area contributed by atoms with Crippen LogP contribution in [0, 0.1) is 0 Å². The van der Waals surface area contributed by atoms with E-state index in [0.29, 0.717) is 6.04 Å². The van der Waals surface area contributed by atoms with Crippen molar-refractivity contribution in [1.29, 1.82) is 0 Å². The first-order valence-corrected chi connectivity index (χ1v) is 4.38. The molecule has 1 unspecified atom stereocenters. The van der Waals surface area contributed by atoms with Crippen molar-refractivity contribution in [2.45, 2.75) is 25.3 Å². The second kappa shape index (κ2) is 2.79. The van der Waals surface area contributed by atoms with Crippen LogP contribution in [0.1, 0.15) is 17.5 Å². The number of nitrogens with two attached hydrogens (primary N) is 2. The smallest absolute Gasteiger partial charge is 0.0316 e. The largest absolute Gasteiger partial charge is 0.399 e. The second-order valence-electron chi connectivity index (χ2n) is 3.53. The Morgan fingerprint density at radius 3 is 2.92 bits per heavy atom. The molecule has 12 heavy (non-hydrogen) atoms. The van der Waals surface area contributed by atoms with Crippen molar-refractivity contribution in [3.05, 3.63) is 29.3 Å². The minimum Gasteiger partial charge on any atom is -0.399 e. The molecule has 1 aliphatic carbocycles. The van der Waals surface area contributed by atoms with Gasteiger partial charge in [-0.2, -0.15) is 0 Å². The zero-order valence-electron chi connectivity index (χ0n) is 7.09. The summed E-state index contributed by atoms with van der Waals surface area (Å²) in [4.78, 5) is 0. The topological polar surface area (TPSA) is 52.0 Å². The lowest BCUT2D eigenvalue weighted by Crippen LogP contribution is -2.27. The summed E-state index contributed by atoms with van der Waals surface area (Å²) in [6.07, 6.45) is 3.20. The summed E-state index contributed by atoms with van der Waals surface area (Å²) < 4.78 is 0. The van der Waals surface area contributed by atoms with Crippen LogP contribution < -0.4 is 11.5 Å². The van der Waals surface area contributed by atoms with E-state index in [9.17, 15) is 0 Å². The molecule has 0 radical (unpaired) electrons. The molecule has 0 saturated heterocycles. The molecule has 0 saturated carbocycles. The zero-order chi connectivity index (χ0) is 8.55. The fourth-order valence-corrected chi connectivity index (χ4v) is 1.81. The molecule has 4 N–H and O–H groups in total. The van der Waals surface area contributed by atoms with Crippen molar-refractivity contribution in [1.82, 2.24) is 0 Å². The van der Waals surface area contributed by atoms with Crippen LogP contribution in [0.4, 0.5) is 5.69 Å². The molecule has 0 aliphatic heterocycles. The first-order valence-electron chi connectivity index (χ1n) is 4.38. The molecule has 0 fully saturated rings. The minimum atomic E-state index is 0.333. The summed E-state index contributed by atoms with van der Waals surface area (Å²) in [5.74, 6) is 0. The summed E-state index contributed by atoms with van der Waals surface area (Å²) >= 11 is 0. The Morgan fingerprint density at radius 1 is 1.25 bits per heavy atom. The van der Waals surface area contributed by atoms with Crippen molar-refractivity contribution in [2.75, 3.05) is 5.73 Å². The van der Waals surface area contributed by atoms with Crippen molar-refractivity contribution in [3.63, 3.8) is 0 Å². The van der Waals surface area contributed by atoms with Crippen LogP contribution in [0.2, 0.25) is 0 Å². The van der Waals surface area contributed by atoms with Crippen molar-refractivity contribution in [3.8, 4) is 0 Å². The maximum absolute atomic E-state index is 5.86. The lowest BCUT2D eigenvalue weighted by molar-refractivity contribution is 0.577. The van der Waals surface area contributed by atoms with Gasteiger partial charge in [0.15, 0.2) is 0 Å². The number of nitrogen functional groups attached to an aromatic ring is 1. The Balaban J connectivity index is 2.37. The number of rotatable bonds is 0. The average molecular weight is 162 g/mol. The summed E-state index contributed by atoms with van der Waals surface area (Å²) in [5, 5.41) is 0. The maximum atomic E-state index is 5.86. The third-order valence-electron chi connectivity index (χ3n) is 2.50. The molecule has 2 rings (SSSR count). The molecule has 64 valence electrons. The van der Waals surface area contributed by atoms with Gasteiger partial charge in [-0.25, -0.2) is 0 Å². The van der Waals surface area contributed by atoms with Crippen molar-refractivity contribution >= 4 is 5.69 Å². The van der Waals surface area contributed by atoms with Crippen molar-refractivity contribution < 1.29 is 0 Å². The third kappa shape index (κ3) is 1.30. The van der Waals surface area contributed by atoms with Gasteiger partial charge in [-0.3, -0.25) is 0 Å². The maximum Gasteiger partial charge on any atom is 0.0316 e. The molecule has 2 nitrogen and oxygen atoms in total. The third-order valence-corrected chi connectivity index (χ3v) is 2.50. The van der Waals surface area contributed by atoms with Gasteiger partial charge in [-0.05, 0) is 42.5 Å². The highest BCUT2D eigenvalue weighted by Crippen LogP contribution is 2.22. The highest BCUT2D eigenvalue weighted by molar-refractivity contribution is 5.45.